The van der Waals surface area contributed by atoms with E-state index in [0.29, 0.717) is 11.9 Å². The van der Waals surface area contributed by atoms with Gasteiger partial charge in [0.15, 0.2) is 0 Å². The van der Waals surface area contributed by atoms with E-state index in [2.05, 4.69) is 46.1 Å². The van der Waals surface area contributed by atoms with Gasteiger partial charge in [-0.05, 0) is 31.9 Å². The second kappa shape index (κ2) is 5.17. The zero-order valence-electron chi connectivity index (χ0n) is 10.8. The number of nitrogens with zero attached hydrogens (tertiary/aromatic N) is 3. The molecular weight excluding hydrogens is 256 g/mol. The first-order valence-corrected chi connectivity index (χ1v) is 7.39. The van der Waals surface area contributed by atoms with E-state index >= 15 is 0 Å². The van der Waals surface area contributed by atoms with Gasteiger partial charge in [-0.25, -0.2) is 4.98 Å². The predicted molar refractivity (Wildman–Crippen MR) is 77.0 cm³/mol. The second-order valence-electron chi connectivity index (χ2n) is 4.85. The molecule has 1 aromatic heterocycles. The first-order chi connectivity index (χ1) is 9.20. The highest BCUT2D eigenvalue weighted by molar-refractivity contribution is 7.98. The minimum Gasteiger partial charge on any atom is -0.368 e. The summed E-state index contributed by atoms with van der Waals surface area (Å²) < 4.78 is 0. The highest BCUT2D eigenvalue weighted by atomic mass is 32.2. The van der Waals surface area contributed by atoms with E-state index in [4.69, 9.17) is 5.73 Å². The van der Waals surface area contributed by atoms with Crippen molar-refractivity contribution in [2.24, 2.45) is 0 Å². The molecule has 1 aliphatic carbocycles. The molecule has 0 radical (unpaired) electrons. The normalized spacial score (nSPS) is 14.6. The summed E-state index contributed by atoms with van der Waals surface area (Å²) in [6.45, 7) is 2.09. The molecule has 0 aliphatic heterocycles. The van der Waals surface area contributed by atoms with Gasteiger partial charge in [0.1, 0.15) is 11.6 Å². The first kappa shape index (κ1) is 12.4. The monoisotopic (exact) mass is 272 g/mol. The van der Waals surface area contributed by atoms with Crippen LogP contribution in [-0.4, -0.2) is 15.0 Å². The van der Waals surface area contributed by atoms with Crippen LogP contribution in [0.25, 0.3) is 0 Å². The molecule has 0 amide bonds. The third-order valence-electron chi connectivity index (χ3n) is 3.02. The van der Waals surface area contributed by atoms with Gasteiger partial charge in [0.05, 0.1) is 5.75 Å². The van der Waals surface area contributed by atoms with Crippen molar-refractivity contribution in [3.8, 4) is 0 Å². The molecular formula is C14H16N4S. The first-order valence-electron chi connectivity index (χ1n) is 6.40. The molecule has 1 heterocycles. The fourth-order valence-corrected chi connectivity index (χ4v) is 2.77. The number of nitrogens with two attached hydrogens (primary N) is 1. The maximum atomic E-state index is 5.75. The van der Waals surface area contributed by atoms with Crippen LogP contribution >= 0.6 is 11.8 Å². The molecule has 0 unspecified atom stereocenters. The van der Waals surface area contributed by atoms with Crippen molar-refractivity contribution in [1.82, 2.24) is 15.0 Å². The van der Waals surface area contributed by atoms with Crippen LogP contribution < -0.4 is 5.73 Å². The molecule has 1 saturated carbocycles. The van der Waals surface area contributed by atoms with Crippen molar-refractivity contribution < 1.29 is 0 Å². The van der Waals surface area contributed by atoms with Crippen LogP contribution in [0.15, 0.2) is 29.2 Å². The van der Waals surface area contributed by atoms with Gasteiger partial charge in [-0.2, -0.15) is 9.97 Å². The molecule has 1 aromatic carbocycles. The average Bonchev–Trinajstić information content (AvgIpc) is 3.20. The molecule has 1 fully saturated rings. The van der Waals surface area contributed by atoms with Gasteiger partial charge in [-0.1, -0.05) is 17.7 Å². The molecule has 0 saturated heterocycles. The van der Waals surface area contributed by atoms with E-state index in [9.17, 15) is 0 Å². The van der Waals surface area contributed by atoms with Crippen LogP contribution in [0.1, 0.15) is 36.0 Å². The highest BCUT2D eigenvalue weighted by Gasteiger charge is 2.27. The highest BCUT2D eigenvalue weighted by Crippen LogP contribution is 2.38. The number of thioether (sulfide) groups is 1. The number of rotatable bonds is 4. The predicted octanol–water partition coefficient (Wildman–Crippen LogP) is 2.93. The van der Waals surface area contributed by atoms with Crippen LogP contribution in [0.2, 0.25) is 0 Å². The molecule has 1 aliphatic rings. The lowest BCUT2D eigenvalue weighted by molar-refractivity contribution is 0.858. The van der Waals surface area contributed by atoms with Gasteiger partial charge in [-0.3, -0.25) is 0 Å². The van der Waals surface area contributed by atoms with E-state index in [-0.39, 0.29) is 0 Å². The van der Waals surface area contributed by atoms with Crippen LogP contribution in [0.3, 0.4) is 0 Å². The van der Waals surface area contributed by atoms with Crippen molar-refractivity contribution in [3.05, 3.63) is 41.5 Å². The number of benzene rings is 1. The number of aromatic nitrogens is 3. The third kappa shape index (κ3) is 3.23. The van der Waals surface area contributed by atoms with Gasteiger partial charge in [-0.15, -0.1) is 11.8 Å². The molecule has 19 heavy (non-hydrogen) atoms. The smallest absolute Gasteiger partial charge is 0.223 e. The summed E-state index contributed by atoms with van der Waals surface area (Å²) in [4.78, 5) is 14.2. The van der Waals surface area contributed by atoms with Crippen molar-refractivity contribution in [1.29, 1.82) is 0 Å². The number of aryl methyl sites for hydroxylation is 1. The maximum absolute atomic E-state index is 5.75. The molecule has 98 valence electrons. The molecule has 5 heteroatoms. The Bertz CT molecular complexity index is 596. The Labute approximate surface area is 116 Å². The Morgan fingerprint density at radius 1 is 1.26 bits per heavy atom. The minimum absolute atomic E-state index is 0.344. The van der Waals surface area contributed by atoms with Crippen molar-refractivity contribution in [2.75, 3.05) is 5.73 Å². The summed E-state index contributed by atoms with van der Waals surface area (Å²) >= 11 is 1.73. The van der Waals surface area contributed by atoms with E-state index in [1.807, 2.05) is 0 Å². The quantitative estimate of drug-likeness (QED) is 0.867. The molecule has 0 bridgehead atoms. The summed E-state index contributed by atoms with van der Waals surface area (Å²) in [6, 6.07) is 8.42. The van der Waals surface area contributed by atoms with Crippen LogP contribution in [0.4, 0.5) is 5.95 Å². The van der Waals surface area contributed by atoms with E-state index in [0.717, 1.165) is 17.4 Å². The summed E-state index contributed by atoms with van der Waals surface area (Å²) in [6.07, 6.45) is 2.35. The Kier molecular flexibility index (Phi) is 3.38. The van der Waals surface area contributed by atoms with Gasteiger partial charge in [0, 0.05) is 10.8 Å². The van der Waals surface area contributed by atoms with Gasteiger partial charge in [0.2, 0.25) is 5.95 Å². The summed E-state index contributed by atoms with van der Waals surface area (Å²) in [5.74, 6) is 3.23. The van der Waals surface area contributed by atoms with Gasteiger partial charge >= 0.3 is 0 Å². The molecule has 0 atom stereocenters. The Balaban J connectivity index is 1.72. The fourth-order valence-electron chi connectivity index (χ4n) is 1.90. The number of anilines is 1. The fraction of sp³-hybridized carbons (Fsp3) is 0.357. The summed E-state index contributed by atoms with van der Waals surface area (Å²) in [5.41, 5.74) is 7.01. The van der Waals surface area contributed by atoms with Crippen molar-refractivity contribution >= 4 is 17.7 Å². The standard InChI is InChI=1S/C14H16N4S/c1-9-3-2-4-11(7-9)19-8-12-16-13(10-5-6-10)18-14(15)17-12/h2-4,7,10H,5-6,8H2,1H3,(H2,15,16,17,18). The lowest BCUT2D eigenvalue weighted by atomic mass is 10.2. The number of hydrogen-bond donors (Lipinski definition) is 1. The van der Waals surface area contributed by atoms with Crippen molar-refractivity contribution in [3.63, 3.8) is 0 Å². The zero-order chi connectivity index (χ0) is 13.2. The Hall–Kier alpha value is -1.62. The lowest BCUT2D eigenvalue weighted by Crippen LogP contribution is -2.05. The molecule has 4 nitrogen and oxygen atoms in total. The number of hydrogen-bond acceptors (Lipinski definition) is 5. The van der Waals surface area contributed by atoms with E-state index < -0.39 is 0 Å². The lowest BCUT2D eigenvalue weighted by Gasteiger charge is -2.04. The zero-order valence-corrected chi connectivity index (χ0v) is 11.7. The minimum atomic E-state index is 0.344. The Morgan fingerprint density at radius 2 is 2.11 bits per heavy atom. The van der Waals surface area contributed by atoms with Crippen LogP contribution in [-0.2, 0) is 5.75 Å². The second-order valence-corrected chi connectivity index (χ2v) is 5.90. The van der Waals surface area contributed by atoms with E-state index in [1.165, 1.54) is 23.3 Å². The largest absolute Gasteiger partial charge is 0.368 e. The Morgan fingerprint density at radius 3 is 2.84 bits per heavy atom. The molecule has 2 aromatic rings. The topological polar surface area (TPSA) is 64.7 Å². The van der Waals surface area contributed by atoms with Gasteiger partial charge < -0.3 is 5.73 Å². The summed E-state index contributed by atoms with van der Waals surface area (Å²) in [5, 5.41) is 0. The van der Waals surface area contributed by atoms with Crippen LogP contribution in [0, 0.1) is 6.92 Å². The van der Waals surface area contributed by atoms with Gasteiger partial charge in [0.25, 0.3) is 0 Å². The van der Waals surface area contributed by atoms with E-state index in [1.54, 1.807) is 11.8 Å². The SMILES string of the molecule is Cc1cccc(SCc2nc(N)nc(C3CC3)n2)c1. The molecule has 3 rings (SSSR count). The number of nitrogen functional groups attached to an aromatic ring is 1. The van der Waals surface area contributed by atoms with Crippen LogP contribution in [0.5, 0.6) is 0 Å². The maximum Gasteiger partial charge on any atom is 0.223 e. The third-order valence-corrected chi connectivity index (χ3v) is 4.01. The molecule has 2 N–H and O–H groups in total. The summed E-state index contributed by atoms with van der Waals surface area (Å²) in [7, 11) is 0. The average molecular weight is 272 g/mol. The molecule has 0 spiro atoms. The van der Waals surface area contributed by atoms with Crippen molar-refractivity contribution in [2.45, 2.75) is 36.3 Å².